The maximum absolute atomic E-state index is 12.9. The van der Waals surface area contributed by atoms with E-state index < -0.39 is 10.0 Å². The van der Waals surface area contributed by atoms with Crippen LogP contribution in [0.5, 0.6) is 0 Å². The van der Waals surface area contributed by atoms with Crippen molar-refractivity contribution in [2.45, 2.75) is 57.0 Å². The van der Waals surface area contributed by atoms with E-state index in [1.54, 1.807) is 29.6 Å². The fraction of sp³-hybridized carbons (Fsp3) is 0.524. The molecule has 0 bridgehead atoms. The van der Waals surface area contributed by atoms with Gasteiger partial charge in [0.1, 0.15) is 0 Å². The normalized spacial score (nSPS) is 16.1. The number of rotatable bonds is 7. The van der Waals surface area contributed by atoms with Crippen molar-refractivity contribution in [3.8, 4) is 0 Å². The van der Waals surface area contributed by atoms with Gasteiger partial charge in [0.15, 0.2) is 11.7 Å². The molecule has 0 spiro atoms. The third-order valence-electron chi connectivity index (χ3n) is 5.13. The zero-order valence-corrected chi connectivity index (χ0v) is 18.7. The Morgan fingerprint density at radius 3 is 2.57 bits per heavy atom. The number of aromatic nitrogens is 1. The zero-order valence-electron chi connectivity index (χ0n) is 17.9. The van der Waals surface area contributed by atoms with Crippen LogP contribution in [0, 0.1) is 0 Å². The lowest BCUT2D eigenvalue weighted by molar-refractivity contribution is 0.346. The molecule has 164 valence electrons. The molecule has 2 aromatic rings. The van der Waals surface area contributed by atoms with Crippen molar-refractivity contribution in [2.75, 3.05) is 20.1 Å². The highest BCUT2D eigenvalue weighted by atomic mass is 32.2. The summed E-state index contributed by atoms with van der Waals surface area (Å²) in [6.45, 7) is 6.24. The molecule has 8 nitrogen and oxygen atoms in total. The summed E-state index contributed by atoms with van der Waals surface area (Å²) >= 11 is 0. The highest BCUT2D eigenvalue weighted by Gasteiger charge is 2.25. The predicted molar refractivity (Wildman–Crippen MR) is 117 cm³/mol. The average Bonchev–Trinajstić information content (AvgIpc) is 3.24. The maximum atomic E-state index is 12.9. The highest BCUT2D eigenvalue weighted by molar-refractivity contribution is 7.89. The fourth-order valence-electron chi connectivity index (χ4n) is 3.33. The second kappa shape index (κ2) is 10.1. The minimum Gasteiger partial charge on any atom is -0.359 e. The van der Waals surface area contributed by atoms with E-state index in [1.165, 1.54) is 0 Å². The molecule has 2 N–H and O–H groups in total. The first-order valence-electron chi connectivity index (χ1n) is 10.4. The van der Waals surface area contributed by atoms with Gasteiger partial charge in [-0.3, -0.25) is 4.99 Å². The average molecular weight is 434 g/mol. The van der Waals surface area contributed by atoms with E-state index in [1.807, 2.05) is 12.1 Å². The predicted octanol–water partition coefficient (Wildman–Crippen LogP) is 2.84. The summed E-state index contributed by atoms with van der Waals surface area (Å²) in [6.07, 6.45) is 2.94. The monoisotopic (exact) mass is 433 g/mol. The van der Waals surface area contributed by atoms with Crippen LogP contribution >= 0.6 is 0 Å². The first-order chi connectivity index (χ1) is 14.4. The van der Waals surface area contributed by atoms with Crippen LogP contribution in [-0.4, -0.2) is 44.0 Å². The molecule has 1 aliphatic heterocycles. The van der Waals surface area contributed by atoms with Crippen molar-refractivity contribution < 1.29 is 12.9 Å². The number of nitrogens with zero attached hydrogens (tertiary/aromatic N) is 3. The molecule has 0 radical (unpaired) electrons. The van der Waals surface area contributed by atoms with Gasteiger partial charge in [-0.1, -0.05) is 37.6 Å². The molecular weight excluding hydrogens is 402 g/mol. The Kier molecular flexibility index (Phi) is 7.49. The van der Waals surface area contributed by atoms with Crippen molar-refractivity contribution >= 4 is 16.0 Å². The maximum Gasteiger partial charge on any atom is 0.243 e. The smallest absolute Gasteiger partial charge is 0.243 e. The number of hydrogen-bond donors (Lipinski definition) is 2. The number of piperidine rings is 1. The lowest BCUT2D eigenvalue weighted by atomic mass is 10.1. The Morgan fingerprint density at radius 2 is 1.90 bits per heavy atom. The minimum atomic E-state index is -3.44. The zero-order chi connectivity index (χ0) is 21.6. The second-order valence-electron chi connectivity index (χ2n) is 7.76. The first kappa shape index (κ1) is 22.3. The van der Waals surface area contributed by atoms with Gasteiger partial charge in [-0.15, -0.1) is 0 Å². The SMILES string of the molecule is CN=C(NCc1cccc(S(=O)(=O)N2CCCCC2)c1)NCc1cc(C(C)C)no1. The van der Waals surface area contributed by atoms with E-state index in [-0.39, 0.29) is 0 Å². The highest BCUT2D eigenvalue weighted by Crippen LogP contribution is 2.21. The summed E-state index contributed by atoms with van der Waals surface area (Å²) in [5, 5.41) is 10.4. The van der Waals surface area contributed by atoms with Crippen LogP contribution in [-0.2, 0) is 23.1 Å². The van der Waals surface area contributed by atoms with Crippen LogP contribution in [0.4, 0.5) is 0 Å². The van der Waals surface area contributed by atoms with Gasteiger partial charge < -0.3 is 15.2 Å². The van der Waals surface area contributed by atoms with E-state index in [9.17, 15) is 8.42 Å². The van der Waals surface area contributed by atoms with E-state index in [0.29, 0.717) is 43.0 Å². The summed E-state index contributed by atoms with van der Waals surface area (Å²) in [6, 6.07) is 9.01. The lowest BCUT2D eigenvalue weighted by Crippen LogP contribution is -2.36. The molecule has 0 saturated carbocycles. The topological polar surface area (TPSA) is 99.8 Å². The number of benzene rings is 1. The summed E-state index contributed by atoms with van der Waals surface area (Å²) < 4.78 is 32.7. The Bertz CT molecular complexity index is 963. The third kappa shape index (κ3) is 5.60. The first-order valence-corrected chi connectivity index (χ1v) is 11.8. The van der Waals surface area contributed by atoms with Crippen LogP contribution in [0.2, 0.25) is 0 Å². The standard InChI is InChI=1S/C21H31N5O3S/c1-16(2)20-13-18(29-25-20)15-24-21(22-3)23-14-17-8-7-9-19(12-17)30(27,28)26-10-5-4-6-11-26/h7-9,12-13,16H,4-6,10-11,14-15H2,1-3H3,(H2,22,23,24). The van der Waals surface area contributed by atoms with Crippen LogP contribution in [0.1, 0.15) is 56.0 Å². The summed E-state index contributed by atoms with van der Waals surface area (Å²) in [4.78, 5) is 4.55. The molecule has 0 unspecified atom stereocenters. The van der Waals surface area contributed by atoms with Gasteiger partial charge in [-0.05, 0) is 36.5 Å². The van der Waals surface area contributed by atoms with Crippen LogP contribution < -0.4 is 10.6 Å². The van der Waals surface area contributed by atoms with Crippen molar-refractivity contribution in [1.29, 1.82) is 0 Å². The molecular formula is C21H31N5O3S. The molecule has 1 saturated heterocycles. The Morgan fingerprint density at radius 1 is 1.17 bits per heavy atom. The largest absolute Gasteiger partial charge is 0.359 e. The second-order valence-corrected chi connectivity index (χ2v) is 9.70. The number of aliphatic imine (C=N–C) groups is 1. The minimum absolute atomic E-state index is 0.313. The Balaban J connectivity index is 1.58. The number of sulfonamides is 1. The van der Waals surface area contributed by atoms with Crippen LogP contribution in [0.25, 0.3) is 0 Å². The molecule has 3 rings (SSSR count). The van der Waals surface area contributed by atoms with E-state index in [0.717, 1.165) is 36.3 Å². The molecule has 0 amide bonds. The van der Waals surface area contributed by atoms with Gasteiger partial charge in [0.25, 0.3) is 0 Å². The Hall–Kier alpha value is -2.39. The molecule has 1 aromatic heterocycles. The van der Waals surface area contributed by atoms with Crippen molar-refractivity contribution in [1.82, 2.24) is 20.1 Å². The summed E-state index contributed by atoms with van der Waals surface area (Å²) in [5.74, 6) is 1.64. The third-order valence-corrected chi connectivity index (χ3v) is 7.03. The quantitative estimate of drug-likeness (QED) is 0.514. The van der Waals surface area contributed by atoms with Gasteiger partial charge in [0, 0.05) is 32.7 Å². The van der Waals surface area contributed by atoms with Crippen molar-refractivity contribution in [3.63, 3.8) is 0 Å². The van der Waals surface area contributed by atoms with Crippen LogP contribution in [0.3, 0.4) is 0 Å². The number of guanidine groups is 1. The Labute approximate surface area is 178 Å². The van der Waals surface area contributed by atoms with E-state index in [4.69, 9.17) is 4.52 Å². The molecule has 0 aliphatic carbocycles. The number of hydrogen-bond acceptors (Lipinski definition) is 5. The summed E-state index contributed by atoms with van der Waals surface area (Å²) in [5.41, 5.74) is 1.79. The molecule has 1 aliphatic rings. The molecule has 1 fully saturated rings. The lowest BCUT2D eigenvalue weighted by Gasteiger charge is -2.26. The van der Waals surface area contributed by atoms with Gasteiger partial charge in [-0.2, -0.15) is 4.31 Å². The van der Waals surface area contributed by atoms with Crippen LogP contribution in [0.15, 0.2) is 44.7 Å². The van der Waals surface area contributed by atoms with Gasteiger partial charge in [0.2, 0.25) is 10.0 Å². The molecule has 2 heterocycles. The molecule has 0 atom stereocenters. The molecule has 1 aromatic carbocycles. The van der Waals surface area contributed by atoms with Crippen molar-refractivity contribution in [3.05, 3.63) is 47.3 Å². The molecule has 30 heavy (non-hydrogen) atoms. The fourth-order valence-corrected chi connectivity index (χ4v) is 4.92. The van der Waals surface area contributed by atoms with E-state index in [2.05, 4.69) is 34.6 Å². The summed E-state index contributed by atoms with van der Waals surface area (Å²) in [7, 11) is -1.75. The van der Waals surface area contributed by atoms with Gasteiger partial charge in [-0.25, -0.2) is 8.42 Å². The molecule has 9 heteroatoms. The van der Waals surface area contributed by atoms with Crippen molar-refractivity contribution in [2.24, 2.45) is 4.99 Å². The van der Waals surface area contributed by atoms with Gasteiger partial charge in [0.05, 0.1) is 17.1 Å². The van der Waals surface area contributed by atoms with E-state index >= 15 is 0 Å². The van der Waals surface area contributed by atoms with Gasteiger partial charge >= 0.3 is 0 Å². The number of nitrogens with one attached hydrogen (secondary N) is 2.